The van der Waals surface area contributed by atoms with E-state index < -0.39 is 0 Å². The highest BCUT2D eigenvalue weighted by molar-refractivity contribution is 8.07. The van der Waals surface area contributed by atoms with E-state index in [1.165, 1.54) is 16.7 Å². The molecule has 0 aliphatic heterocycles. The van der Waals surface area contributed by atoms with Crippen LogP contribution in [-0.2, 0) is 6.42 Å². The van der Waals surface area contributed by atoms with Crippen LogP contribution < -0.4 is 0 Å². The van der Waals surface area contributed by atoms with Gasteiger partial charge in [0.2, 0.25) is 0 Å². The summed E-state index contributed by atoms with van der Waals surface area (Å²) in [6, 6.07) is 6.60. The molecule has 0 heterocycles. The first-order valence-electron chi connectivity index (χ1n) is 4.51. The minimum Gasteiger partial charge on any atom is -0.130 e. The van der Waals surface area contributed by atoms with Gasteiger partial charge in [-0.25, -0.2) is 0 Å². The van der Waals surface area contributed by atoms with Crippen molar-refractivity contribution < 1.29 is 0 Å². The Bertz CT molecular complexity index is 313. The standard InChI is InChI=1S/C12H16S/c1-5-11-6-7-12(9(2)8-11)10(3)13-4/h6-8H,3,5H2,1-2,4H3. The van der Waals surface area contributed by atoms with Crippen molar-refractivity contribution in [3.63, 3.8) is 0 Å². The summed E-state index contributed by atoms with van der Waals surface area (Å²) >= 11 is 1.71. The van der Waals surface area contributed by atoms with Gasteiger partial charge in [0.1, 0.15) is 0 Å². The van der Waals surface area contributed by atoms with Crippen LogP contribution in [0.1, 0.15) is 23.6 Å². The van der Waals surface area contributed by atoms with Crippen LogP contribution >= 0.6 is 11.8 Å². The van der Waals surface area contributed by atoms with E-state index in [0.717, 1.165) is 11.3 Å². The minimum absolute atomic E-state index is 1.10. The molecule has 1 aromatic rings. The Morgan fingerprint density at radius 3 is 2.62 bits per heavy atom. The van der Waals surface area contributed by atoms with Gasteiger partial charge in [0.25, 0.3) is 0 Å². The zero-order valence-electron chi connectivity index (χ0n) is 8.55. The first-order valence-corrected chi connectivity index (χ1v) is 5.74. The highest BCUT2D eigenvalue weighted by Crippen LogP contribution is 2.26. The number of hydrogen-bond acceptors (Lipinski definition) is 1. The SMILES string of the molecule is C=C(SC)c1ccc(CC)cc1C. The molecule has 0 unspecified atom stereocenters. The van der Waals surface area contributed by atoms with Crippen LogP contribution in [0.5, 0.6) is 0 Å². The smallest absolute Gasteiger partial charge is 0.00723 e. The first kappa shape index (κ1) is 10.4. The molecule has 0 aromatic heterocycles. The summed E-state index contributed by atoms with van der Waals surface area (Å²) in [4.78, 5) is 1.15. The molecule has 0 nitrogen and oxygen atoms in total. The predicted octanol–water partition coefficient (Wildman–Crippen LogP) is 3.89. The van der Waals surface area contributed by atoms with Gasteiger partial charge in [0, 0.05) is 4.91 Å². The van der Waals surface area contributed by atoms with Crippen molar-refractivity contribution in [2.24, 2.45) is 0 Å². The third-order valence-corrected chi connectivity index (χ3v) is 2.96. The summed E-state index contributed by atoms with van der Waals surface area (Å²) in [7, 11) is 0. The lowest BCUT2D eigenvalue weighted by Crippen LogP contribution is -1.88. The third kappa shape index (κ3) is 2.38. The minimum atomic E-state index is 1.10. The summed E-state index contributed by atoms with van der Waals surface area (Å²) in [5.74, 6) is 0. The summed E-state index contributed by atoms with van der Waals surface area (Å²) < 4.78 is 0. The second-order valence-corrected chi connectivity index (χ2v) is 4.03. The summed E-state index contributed by atoms with van der Waals surface area (Å²) in [5.41, 5.74) is 4.01. The molecule has 13 heavy (non-hydrogen) atoms. The summed E-state index contributed by atoms with van der Waals surface area (Å²) in [6.07, 6.45) is 3.17. The Labute approximate surface area is 85.1 Å². The van der Waals surface area contributed by atoms with Gasteiger partial charge in [-0.2, -0.15) is 0 Å². The van der Waals surface area contributed by atoms with Crippen molar-refractivity contribution in [3.8, 4) is 0 Å². The van der Waals surface area contributed by atoms with E-state index in [1.54, 1.807) is 11.8 Å². The Balaban J connectivity index is 3.05. The van der Waals surface area contributed by atoms with Crippen molar-refractivity contribution in [1.82, 2.24) is 0 Å². The molecule has 0 bridgehead atoms. The predicted molar refractivity (Wildman–Crippen MR) is 63.1 cm³/mol. The van der Waals surface area contributed by atoms with E-state index in [4.69, 9.17) is 0 Å². The fourth-order valence-corrected chi connectivity index (χ4v) is 1.82. The average molecular weight is 192 g/mol. The quantitative estimate of drug-likeness (QED) is 0.700. The zero-order chi connectivity index (χ0) is 9.84. The molecule has 0 spiro atoms. The number of benzene rings is 1. The van der Waals surface area contributed by atoms with Gasteiger partial charge in [-0.1, -0.05) is 31.7 Å². The molecule has 0 amide bonds. The molecule has 1 rings (SSSR count). The fraction of sp³-hybridized carbons (Fsp3) is 0.333. The molecule has 0 saturated heterocycles. The van der Waals surface area contributed by atoms with Crippen LogP contribution in [0.2, 0.25) is 0 Å². The van der Waals surface area contributed by atoms with Crippen molar-refractivity contribution >= 4 is 16.7 Å². The molecule has 0 aliphatic rings. The van der Waals surface area contributed by atoms with Crippen LogP contribution in [0.25, 0.3) is 4.91 Å². The van der Waals surface area contributed by atoms with Gasteiger partial charge in [-0.3, -0.25) is 0 Å². The molecule has 0 fully saturated rings. The molecule has 0 saturated carbocycles. The van der Waals surface area contributed by atoms with E-state index in [0.29, 0.717) is 0 Å². The van der Waals surface area contributed by atoms with Gasteiger partial charge >= 0.3 is 0 Å². The molecule has 70 valence electrons. The molecular weight excluding hydrogens is 176 g/mol. The van der Waals surface area contributed by atoms with Gasteiger partial charge in [0.15, 0.2) is 0 Å². The van der Waals surface area contributed by atoms with Gasteiger partial charge in [-0.05, 0) is 36.3 Å². The van der Waals surface area contributed by atoms with Crippen LogP contribution in [0.15, 0.2) is 24.8 Å². The lowest BCUT2D eigenvalue weighted by atomic mass is 10.0. The number of hydrogen-bond donors (Lipinski definition) is 0. The lowest BCUT2D eigenvalue weighted by molar-refractivity contribution is 1.13. The molecule has 1 aromatic carbocycles. The van der Waals surface area contributed by atoms with Crippen molar-refractivity contribution in [2.45, 2.75) is 20.3 Å². The monoisotopic (exact) mass is 192 g/mol. The van der Waals surface area contributed by atoms with Crippen LogP contribution in [-0.4, -0.2) is 6.26 Å². The van der Waals surface area contributed by atoms with Crippen LogP contribution in [0.4, 0.5) is 0 Å². The molecule has 0 radical (unpaired) electrons. The Morgan fingerprint density at radius 1 is 1.46 bits per heavy atom. The lowest BCUT2D eigenvalue weighted by Gasteiger charge is -2.08. The highest BCUT2D eigenvalue weighted by Gasteiger charge is 2.01. The van der Waals surface area contributed by atoms with Gasteiger partial charge in [0.05, 0.1) is 0 Å². The Morgan fingerprint density at radius 2 is 2.15 bits per heavy atom. The maximum atomic E-state index is 4.02. The van der Waals surface area contributed by atoms with Crippen molar-refractivity contribution in [1.29, 1.82) is 0 Å². The van der Waals surface area contributed by atoms with E-state index in [2.05, 4.69) is 44.9 Å². The topological polar surface area (TPSA) is 0 Å². The fourth-order valence-electron chi connectivity index (χ4n) is 1.37. The highest BCUT2D eigenvalue weighted by atomic mass is 32.2. The van der Waals surface area contributed by atoms with E-state index in [-0.39, 0.29) is 0 Å². The second-order valence-electron chi connectivity index (χ2n) is 3.13. The maximum absolute atomic E-state index is 4.02. The van der Waals surface area contributed by atoms with E-state index in [9.17, 15) is 0 Å². The van der Waals surface area contributed by atoms with E-state index >= 15 is 0 Å². The Kier molecular flexibility index (Phi) is 3.61. The van der Waals surface area contributed by atoms with Crippen LogP contribution in [0, 0.1) is 6.92 Å². The van der Waals surface area contributed by atoms with E-state index in [1.807, 2.05) is 0 Å². The third-order valence-electron chi connectivity index (χ3n) is 2.25. The summed E-state index contributed by atoms with van der Waals surface area (Å²) in [5, 5.41) is 0. The molecule has 1 heteroatoms. The summed E-state index contributed by atoms with van der Waals surface area (Å²) in [6.45, 7) is 8.35. The van der Waals surface area contributed by atoms with Crippen LogP contribution in [0.3, 0.4) is 0 Å². The molecule has 0 aliphatic carbocycles. The number of aryl methyl sites for hydroxylation is 2. The van der Waals surface area contributed by atoms with Crippen molar-refractivity contribution in [3.05, 3.63) is 41.5 Å². The number of thioether (sulfide) groups is 1. The zero-order valence-corrected chi connectivity index (χ0v) is 9.37. The van der Waals surface area contributed by atoms with Crippen molar-refractivity contribution in [2.75, 3.05) is 6.26 Å². The molecular formula is C12H16S. The molecule has 0 N–H and O–H groups in total. The molecule has 0 atom stereocenters. The average Bonchev–Trinajstić information content (AvgIpc) is 2.16. The number of rotatable bonds is 3. The maximum Gasteiger partial charge on any atom is 0.00723 e. The first-order chi connectivity index (χ1) is 6.19. The van der Waals surface area contributed by atoms with Gasteiger partial charge in [-0.15, -0.1) is 11.8 Å². The Hall–Kier alpha value is -0.690. The largest absolute Gasteiger partial charge is 0.130 e. The second kappa shape index (κ2) is 4.52. The van der Waals surface area contributed by atoms with Gasteiger partial charge < -0.3 is 0 Å². The normalized spacial score (nSPS) is 10.1.